The van der Waals surface area contributed by atoms with E-state index in [1.165, 1.54) is 12.8 Å². The first-order chi connectivity index (χ1) is 18.4. The van der Waals surface area contributed by atoms with Crippen LogP contribution < -0.4 is 20.2 Å². The van der Waals surface area contributed by atoms with Crippen molar-refractivity contribution in [2.45, 2.75) is 44.6 Å². The molecule has 7 nitrogen and oxygen atoms in total. The Kier molecular flexibility index (Phi) is 7.94. The molecule has 1 aliphatic rings. The summed E-state index contributed by atoms with van der Waals surface area (Å²) in [5, 5.41) is 4.14. The number of hydrogen-bond donors (Lipinski definition) is 1. The molecular weight excluding hydrogens is 480 g/mol. The number of carbonyl (C=O) groups excluding carboxylic acids is 1. The van der Waals surface area contributed by atoms with E-state index in [1.807, 2.05) is 43.3 Å². The summed E-state index contributed by atoms with van der Waals surface area (Å²) in [6, 6.07) is 18.6. The molecule has 0 unspecified atom stereocenters. The van der Waals surface area contributed by atoms with Gasteiger partial charge in [-0.1, -0.05) is 25.0 Å². The third-order valence-electron chi connectivity index (χ3n) is 6.92. The summed E-state index contributed by atoms with van der Waals surface area (Å²) in [5.41, 5.74) is 1.86. The number of carbonyl (C=O) groups is 1. The number of nitrogens with zero attached hydrogens (tertiary/aromatic N) is 1. The number of rotatable bonds is 10. The average molecular weight is 515 g/mol. The highest BCUT2D eigenvalue weighted by Crippen LogP contribution is 2.28. The van der Waals surface area contributed by atoms with Crippen LogP contribution in [0.3, 0.4) is 0 Å². The Balaban J connectivity index is 1.29. The highest BCUT2D eigenvalue weighted by molar-refractivity contribution is 5.90. The lowest BCUT2D eigenvalue weighted by Crippen LogP contribution is -2.32. The fourth-order valence-corrected chi connectivity index (χ4v) is 4.84. The molecule has 1 N–H and O–H groups in total. The molecule has 7 heteroatoms. The van der Waals surface area contributed by atoms with Crippen molar-refractivity contribution in [2.24, 2.45) is 0 Å². The summed E-state index contributed by atoms with van der Waals surface area (Å²) in [4.78, 5) is 27.4. The first-order valence-corrected chi connectivity index (χ1v) is 13.3. The number of hydrogen-bond acceptors (Lipinski definition) is 6. The number of aryl methyl sites for hydroxylation is 1. The average Bonchev–Trinajstić information content (AvgIpc) is 3.40. The van der Waals surface area contributed by atoms with Gasteiger partial charge in [-0.25, -0.2) is 0 Å². The Labute approximate surface area is 222 Å². The van der Waals surface area contributed by atoms with Crippen molar-refractivity contribution in [1.29, 1.82) is 0 Å². The Morgan fingerprint density at radius 1 is 0.947 bits per heavy atom. The van der Waals surface area contributed by atoms with E-state index in [1.54, 1.807) is 36.4 Å². The normalized spacial score (nSPS) is 13.9. The van der Waals surface area contributed by atoms with E-state index in [0.29, 0.717) is 64.7 Å². The second-order valence-electron chi connectivity index (χ2n) is 10.2. The van der Waals surface area contributed by atoms with E-state index in [9.17, 15) is 9.59 Å². The monoisotopic (exact) mass is 514 g/mol. The van der Waals surface area contributed by atoms with Gasteiger partial charge in [0.15, 0.2) is 0 Å². The molecule has 198 valence electrons. The van der Waals surface area contributed by atoms with Crippen LogP contribution in [0.4, 0.5) is 0 Å². The van der Waals surface area contributed by atoms with Crippen molar-refractivity contribution >= 4 is 27.8 Å². The third kappa shape index (κ3) is 6.34. The minimum Gasteiger partial charge on any atom is -0.492 e. The SMILES string of the molecule is CN(C)CCOc1ccc2c(=O)c3ccc(Oc4cccc(CCC(=O)NC5CCCC5)c4)cc3oc2c1. The first kappa shape index (κ1) is 25.8. The minimum atomic E-state index is -0.0921. The third-order valence-corrected chi connectivity index (χ3v) is 6.92. The molecule has 1 heterocycles. The van der Waals surface area contributed by atoms with Gasteiger partial charge in [0.05, 0.1) is 10.8 Å². The summed E-state index contributed by atoms with van der Waals surface area (Å²) in [5.74, 6) is 1.99. The Morgan fingerprint density at radius 3 is 2.37 bits per heavy atom. The zero-order chi connectivity index (χ0) is 26.5. The van der Waals surface area contributed by atoms with E-state index in [-0.39, 0.29) is 11.3 Å². The fraction of sp³-hybridized carbons (Fsp3) is 0.355. The fourth-order valence-electron chi connectivity index (χ4n) is 4.84. The van der Waals surface area contributed by atoms with E-state index in [0.717, 1.165) is 24.9 Å². The van der Waals surface area contributed by atoms with Crippen LogP contribution in [0.1, 0.15) is 37.7 Å². The molecule has 38 heavy (non-hydrogen) atoms. The van der Waals surface area contributed by atoms with E-state index in [4.69, 9.17) is 13.9 Å². The lowest BCUT2D eigenvalue weighted by atomic mass is 10.1. The largest absolute Gasteiger partial charge is 0.492 e. The number of ether oxygens (including phenoxy) is 2. The van der Waals surface area contributed by atoms with Crippen molar-refractivity contribution in [3.8, 4) is 17.2 Å². The Morgan fingerprint density at radius 2 is 1.63 bits per heavy atom. The molecule has 3 aromatic carbocycles. The molecule has 1 aliphatic carbocycles. The van der Waals surface area contributed by atoms with Gasteiger partial charge in [-0.3, -0.25) is 9.59 Å². The minimum absolute atomic E-state index is 0.0921. The van der Waals surface area contributed by atoms with Gasteiger partial charge < -0.3 is 24.1 Å². The lowest BCUT2D eigenvalue weighted by Gasteiger charge is -2.12. The maximum Gasteiger partial charge on any atom is 0.220 e. The molecule has 1 fully saturated rings. The molecule has 0 atom stereocenters. The summed E-state index contributed by atoms with van der Waals surface area (Å²) >= 11 is 0. The molecule has 1 saturated carbocycles. The van der Waals surface area contributed by atoms with Gasteiger partial charge in [0.2, 0.25) is 11.3 Å². The summed E-state index contributed by atoms with van der Waals surface area (Å²) in [6.45, 7) is 1.33. The van der Waals surface area contributed by atoms with E-state index < -0.39 is 0 Å². The van der Waals surface area contributed by atoms with Gasteiger partial charge in [-0.15, -0.1) is 0 Å². The Bertz CT molecular complexity index is 1490. The smallest absolute Gasteiger partial charge is 0.220 e. The highest BCUT2D eigenvalue weighted by Gasteiger charge is 2.17. The van der Waals surface area contributed by atoms with Crippen molar-refractivity contribution in [3.63, 3.8) is 0 Å². The second kappa shape index (κ2) is 11.7. The summed E-state index contributed by atoms with van der Waals surface area (Å²) in [6.07, 6.45) is 5.67. The summed E-state index contributed by atoms with van der Waals surface area (Å²) < 4.78 is 18.0. The highest BCUT2D eigenvalue weighted by atomic mass is 16.5. The van der Waals surface area contributed by atoms with Gasteiger partial charge in [-0.05, 0) is 75.3 Å². The quantitative estimate of drug-likeness (QED) is 0.275. The van der Waals surface area contributed by atoms with Crippen molar-refractivity contribution in [2.75, 3.05) is 27.2 Å². The van der Waals surface area contributed by atoms with Crippen LogP contribution in [-0.2, 0) is 11.2 Å². The molecule has 0 aliphatic heterocycles. The zero-order valence-electron chi connectivity index (χ0n) is 22.0. The van der Waals surface area contributed by atoms with Gasteiger partial charge in [0, 0.05) is 31.1 Å². The lowest BCUT2D eigenvalue weighted by molar-refractivity contribution is -0.121. The standard InChI is InChI=1S/C31H34N2O5/c1-33(2)16-17-36-23-11-13-26-28(19-23)38-29-20-25(12-14-27(29)31(26)35)37-24-9-5-6-21(18-24)10-15-30(34)32-22-7-3-4-8-22/h5-6,9,11-14,18-20,22H,3-4,7-8,10,15-17H2,1-2H3,(H,32,34). The number of likely N-dealkylation sites (N-methyl/N-ethyl adjacent to an activating group) is 1. The van der Waals surface area contributed by atoms with Gasteiger partial charge in [0.25, 0.3) is 0 Å². The van der Waals surface area contributed by atoms with Crippen LogP contribution in [0, 0.1) is 0 Å². The molecule has 5 rings (SSSR count). The molecule has 0 bridgehead atoms. The number of fused-ring (bicyclic) bond motifs is 2. The van der Waals surface area contributed by atoms with Crippen LogP contribution in [0.15, 0.2) is 69.9 Å². The topological polar surface area (TPSA) is 81.0 Å². The predicted octanol–water partition coefficient (Wildman–Crippen LogP) is 5.67. The number of nitrogens with one attached hydrogen (secondary N) is 1. The molecule has 0 spiro atoms. The number of amides is 1. The van der Waals surface area contributed by atoms with Gasteiger partial charge in [0.1, 0.15) is 35.0 Å². The van der Waals surface area contributed by atoms with Crippen LogP contribution >= 0.6 is 0 Å². The maximum atomic E-state index is 13.1. The van der Waals surface area contributed by atoms with Crippen molar-refractivity contribution in [3.05, 3.63) is 76.5 Å². The molecule has 0 saturated heterocycles. The van der Waals surface area contributed by atoms with Crippen LogP contribution in [-0.4, -0.2) is 44.1 Å². The van der Waals surface area contributed by atoms with Gasteiger partial charge in [-0.2, -0.15) is 0 Å². The summed E-state index contributed by atoms with van der Waals surface area (Å²) in [7, 11) is 3.97. The second-order valence-corrected chi connectivity index (χ2v) is 10.2. The molecule has 4 aromatic rings. The zero-order valence-corrected chi connectivity index (χ0v) is 22.0. The van der Waals surface area contributed by atoms with Crippen LogP contribution in [0.2, 0.25) is 0 Å². The predicted molar refractivity (Wildman–Crippen MR) is 149 cm³/mol. The van der Waals surface area contributed by atoms with Crippen molar-refractivity contribution < 1.29 is 18.7 Å². The maximum absolute atomic E-state index is 13.1. The first-order valence-electron chi connectivity index (χ1n) is 13.3. The molecule has 1 aromatic heterocycles. The molecule has 1 amide bonds. The number of benzene rings is 3. The molecule has 0 radical (unpaired) electrons. The van der Waals surface area contributed by atoms with Gasteiger partial charge >= 0.3 is 0 Å². The van der Waals surface area contributed by atoms with Crippen LogP contribution in [0.25, 0.3) is 21.9 Å². The van der Waals surface area contributed by atoms with Crippen LogP contribution in [0.5, 0.6) is 17.2 Å². The van der Waals surface area contributed by atoms with E-state index >= 15 is 0 Å². The Hall–Kier alpha value is -3.84. The molecular formula is C31H34N2O5. The van der Waals surface area contributed by atoms with Crippen molar-refractivity contribution in [1.82, 2.24) is 10.2 Å². The van der Waals surface area contributed by atoms with E-state index in [2.05, 4.69) is 5.32 Å².